The minimum absolute atomic E-state index is 0.0441. The van der Waals surface area contributed by atoms with E-state index in [1.807, 2.05) is 20.8 Å². The van der Waals surface area contributed by atoms with Crippen LogP contribution in [0.15, 0.2) is 0 Å². The van der Waals surface area contributed by atoms with E-state index in [0.717, 1.165) is 45.1 Å². The SMILES string of the molecule is CC(C)(C)OC(=O)NC12CCCC(CN)(CC1)CC2. The lowest BCUT2D eigenvalue weighted by atomic mass is 9.69. The Morgan fingerprint density at radius 3 is 2.32 bits per heavy atom. The van der Waals surface area contributed by atoms with Crippen molar-refractivity contribution in [2.75, 3.05) is 6.54 Å². The zero-order chi connectivity index (χ0) is 14.1. The fourth-order valence-electron chi connectivity index (χ4n) is 3.57. The van der Waals surface area contributed by atoms with Crippen LogP contribution in [0.1, 0.15) is 65.7 Å². The third kappa shape index (κ3) is 3.41. The van der Waals surface area contributed by atoms with E-state index >= 15 is 0 Å². The Labute approximate surface area is 116 Å². The molecule has 0 heterocycles. The van der Waals surface area contributed by atoms with Crippen molar-refractivity contribution in [1.29, 1.82) is 0 Å². The maximum Gasteiger partial charge on any atom is 0.408 e. The van der Waals surface area contributed by atoms with Gasteiger partial charge in [0.1, 0.15) is 5.60 Å². The van der Waals surface area contributed by atoms with Crippen molar-refractivity contribution in [3.05, 3.63) is 0 Å². The molecule has 0 radical (unpaired) electrons. The second-order valence-electron chi connectivity index (χ2n) is 7.46. The Hall–Kier alpha value is -0.770. The van der Waals surface area contributed by atoms with Gasteiger partial charge in [0.2, 0.25) is 0 Å². The maximum absolute atomic E-state index is 12.0. The van der Waals surface area contributed by atoms with Gasteiger partial charge in [-0.1, -0.05) is 6.42 Å². The fraction of sp³-hybridized carbons (Fsp3) is 0.933. The number of nitrogens with two attached hydrogens (primary N) is 1. The van der Waals surface area contributed by atoms with Gasteiger partial charge < -0.3 is 15.8 Å². The van der Waals surface area contributed by atoms with Crippen LogP contribution in [0.4, 0.5) is 4.79 Å². The van der Waals surface area contributed by atoms with Crippen molar-refractivity contribution in [3.63, 3.8) is 0 Å². The minimum atomic E-state index is -0.429. The molecule has 0 aromatic heterocycles. The largest absolute Gasteiger partial charge is 0.444 e. The number of carbonyl (C=O) groups is 1. The number of carbonyl (C=O) groups excluding carboxylic acids is 1. The van der Waals surface area contributed by atoms with Gasteiger partial charge in [-0.25, -0.2) is 4.79 Å². The second kappa shape index (κ2) is 4.97. The molecule has 3 aliphatic carbocycles. The van der Waals surface area contributed by atoms with Crippen molar-refractivity contribution in [2.45, 2.75) is 76.9 Å². The van der Waals surface area contributed by atoms with Gasteiger partial charge in [0.15, 0.2) is 0 Å². The predicted molar refractivity (Wildman–Crippen MR) is 75.9 cm³/mol. The zero-order valence-corrected chi connectivity index (χ0v) is 12.6. The van der Waals surface area contributed by atoms with Crippen LogP contribution in [0.2, 0.25) is 0 Å². The number of nitrogens with one attached hydrogen (secondary N) is 1. The molecule has 0 aromatic carbocycles. The van der Waals surface area contributed by atoms with Gasteiger partial charge in [-0.3, -0.25) is 0 Å². The summed E-state index contributed by atoms with van der Waals surface area (Å²) in [5, 5.41) is 3.16. The standard InChI is InChI=1S/C15H28N2O2/c1-13(2,3)19-12(18)17-15-6-4-5-14(11-16,7-9-15)8-10-15/h4-11,16H2,1-3H3,(H,17,18). The lowest BCUT2D eigenvalue weighted by molar-refractivity contribution is 0.0390. The Morgan fingerprint density at radius 2 is 1.79 bits per heavy atom. The van der Waals surface area contributed by atoms with Crippen LogP contribution in [-0.4, -0.2) is 23.8 Å². The number of rotatable bonds is 2. The summed E-state index contributed by atoms with van der Waals surface area (Å²) in [7, 11) is 0. The van der Waals surface area contributed by atoms with Crippen LogP contribution >= 0.6 is 0 Å². The van der Waals surface area contributed by atoms with E-state index in [9.17, 15) is 4.79 Å². The Bertz CT molecular complexity index is 339. The van der Waals surface area contributed by atoms with E-state index in [0.29, 0.717) is 5.41 Å². The van der Waals surface area contributed by atoms with E-state index in [1.165, 1.54) is 6.42 Å². The van der Waals surface area contributed by atoms with E-state index in [1.54, 1.807) is 0 Å². The molecule has 4 nitrogen and oxygen atoms in total. The first-order valence-electron chi connectivity index (χ1n) is 7.50. The van der Waals surface area contributed by atoms with Crippen LogP contribution < -0.4 is 11.1 Å². The second-order valence-corrected chi connectivity index (χ2v) is 7.46. The highest BCUT2D eigenvalue weighted by Gasteiger charge is 2.46. The minimum Gasteiger partial charge on any atom is -0.444 e. The summed E-state index contributed by atoms with van der Waals surface area (Å²) in [6.45, 7) is 6.49. The number of fused-ring (bicyclic) bond motifs is 4. The molecule has 3 aliphatic rings. The third-order valence-electron chi connectivity index (χ3n) is 4.83. The molecule has 3 rings (SSSR count). The molecule has 3 fully saturated rings. The number of hydrogen-bond donors (Lipinski definition) is 2. The van der Waals surface area contributed by atoms with Gasteiger partial charge in [-0.2, -0.15) is 0 Å². The highest BCUT2D eigenvalue weighted by atomic mass is 16.6. The summed E-state index contributed by atoms with van der Waals surface area (Å²) in [6.07, 6.45) is 7.53. The number of hydrogen-bond acceptors (Lipinski definition) is 3. The molecule has 2 bridgehead atoms. The molecule has 3 N–H and O–H groups in total. The van der Waals surface area contributed by atoms with Crippen molar-refractivity contribution in [1.82, 2.24) is 5.32 Å². The molecule has 0 saturated heterocycles. The summed E-state index contributed by atoms with van der Waals surface area (Å²) in [5.41, 5.74) is 5.83. The van der Waals surface area contributed by atoms with E-state index in [2.05, 4.69) is 5.32 Å². The van der Waals surface area contributed by atoms with Crippen LogP contribution in [0.5, 0.6) is 0 Å². The highest BCUT2D eigenvalue weighted by molar-refractivity contribution is 5.68. The monoisotopic (exact) mass is 268 g/mol. The summed E-state index contributed by atoms with van der Waals surface area (Å²) in [4.78, 5) is 12.0. The van der Waals surface area contributed by atoms with Gasteiger partial charge in [0.25, 0.3) is 0 Å². The van der Waals surface area contributed by atoms with Gasteiger partial charge in [-0.15, -0.1) is 0 Å². The van der Waals surface area contributed by atoms with Gasteiger partial charge in [0.05, 0.1) is 0 Å². The lowest BCUT2D eigenvalue weighted by Crippen LogP contribution is -2.52. The summed E-state index contributed by atoms with van der Waals surface area (Å²) in [5.74, 6) is 0. The predicted octanol–water partition coefficient (Wildman–Crippen LogP) is 2.95. The number of ether oxygens (including phenoxy) is 1. The third-order valence-corrected chi connectivity index (χ3v) is 4.83. The molecular formula is C15H28N2O2. The average molecular weight is 268 g/mol. The first-order valence-corrected chi connectivity index (χ1v) is 7.50. The topological polar surface area (TPSA) is 64.3 Å². The van der Waals surface area contributed by atoms with Crippen LogP contribution in [0.3, 0.4) is 0 Å². The van der Waals surface area contributed by atoms with Gasteiger partial charge in [-0.05, 0) is 71.3 Å². The summed E-state index contributed by atoms with van der Waals surface area (Å²) in [6, 6.07) is 0. The van der Waals surface area contributed by atoms with E-state index < -0.39 is 5.60 Å². The van der Waals surface area contributed by atoms with Gasteiger partial charge in [0, 0.05) is 5.54 Å². The summed E-state index contributed by atoms with van der Waals surface area (Å²) >= 11 is 0. The molecule has 0 spiro atoms. The number of alkyl carbamates (subject to hydrolysis) is 1. The fourth-order valence-corrected chi connectivity index (χ4v) is 3.57. The molecule has 3 saturated carbocycles. The zero-order valence-electron chi connectivity index (χ0n) is 12.6. The first-order chi connectivity index (χ1) is 8.78. The average Bonchev–Trinajstić information content (AvgIpc) is 2.57. The Kier molecular flexibility index (Phi) is 3.83. The van der Waals surface area contributed by atoms with Crippen molar-refractivity contribution in [2.24, 2.45) is 11.1 Å². The van der Waals surface area contributed by atoms with Crippen LogP contribution in [-0.2, 0) is 4.74 Å². The van der Waals surface area contributed by atoms with E-state index in [4.69, 9.17) is 10.5 Å². The Morgan fingerprint density at radius 1 is 1.16 bits per heavy atom. The molecule has 110 valence electrons. The molecular weight excluding hydrogens is 240 g/mol. The lowest BCUT2D eigenvalue weighted by Gasteiger charge is -2.42. The quantitative estimate of drug-likeness (QED) is 0.809. The van der Waals surface area contributed by atoms with Crippen molar-refractivity contribution < 1.29 is 9.53 Å². The van der Waals surface area contributed by atoms with Crippen molar-refractivity contribution >= 4 is 6.09 Å². The van der Waals surface area contributed by atoms with Gasteiger partial charge >= 0.3 is 6.09 Å². The molecule has 4 heteroatoms. The van der Waals surface area contributed by atoms with Crippen LogP contribution in [0, 0.1) is 5.41 Å². The smallest absolute Gasteiger partial charge is 0.408 e. The summed E-state index contributed by atoms with van der Waals surface area (Å²) < 4.78 is 5.40. The van der Waals surface area contributed by atoms with E-state index in [-0.39, 0.29) is 11.6 Å². The normalized spacial score (nSPS) is 34.7. The van der Waals surface area contributed by atoms with Crippen LogP contribution in [0.25, 0.3) is 0 Å². The van der Waals surface area contributed by atoms with Crippen molar-refractivity contribution in [3.8, 4) is 0 Å². The molecule has 0 atom stereocenters. The molecule has 0 aromatic rings. The molecule has 1 amide bonds. The number of amides is 1. The highest BCUT2D eigenvalue weighted by Crippen LogP contribution is 2.49. The maximum atomic E-state index is 12.0. The first kappa shape index (κ1) is 14.6. The molecule has 0 aliphatic heterocycles. The Balaban J connectivity index is 1.99. The molecule has 0 unspecified atom stereocenters. The molecule has 19 heavy (non-hydrogen) atoms.